The Morgan fingerprint density at radius 3 is 1.50 bits per heavy atom. The Bertz CT molecular complexity index is 108. The summed E-state index contributed by atoms with van der Waals surface area (Å²) >= 11 is 0. The molecule has 4 fully saturated rings. The lowest BCUT2D eigenvalue weighted by atomic mass is 9.77. The lowest BCUT2D eigenvalue weighted by Crippen LogP contribution is -2.20. The molecule has 0 aromatic heterocycles. The van der Waals surface area contributed by atoms with E-state index in [1.54, 1.807) is 25.7 Å². The summed E-state index contributed by atoms with van der Waals surface area (Å²) in [7, 11) is 0. The zero-order chi connectivity index (χ0) is 5.14. The smallest absolute Gasteiger partial charge is 0.0354 e. The first-order valence-electron chi connectivity index (χ1n) is 3.95. The van der Waals surface area contributed by atoms with Gasteiger partial charge in [0.1, 0.15) is 0 Å². The van der Waals surface area contributed by atoms with Crippen LogP contribution in [-0.2, 0) is 0 Å². The Hall–Kier alpha value is 0. The van der Waals surface area contributed by atoms with Crippen molar-refractivity contribution in [3.63, 3.8) is 0 Å². The summed E-state index contributed by atoms with van der Waals surface area (Å²) in [6.07, 6.45) is 6.42. The number of hydrogen-bond acceptors (Lipinski definition) is 0. The average Bonchev–Trinajstić information content (AvgIpc) is 1.82. The van der Waals surface area contributed by atoms with Crippen molar-refractivity contribution in [2.45, 2.75) is 25.7 Å². The normalized spacial score (nSPS) is 66.0. The molecule has 4 aliphatic rings. The molecule has 0 heteroatoms. The zero-order valence-electron chi connectivity index (χ0n) is 5.14. The Kier molecular flexibility index (Phi) is 0.482. The van der Waals surface area contributed by atoms with Crippen LogP contribution in [0.25, 0.3) is 0 Å². The molecule has 0 aromatic rings. The van der Waals surface area contributed by atoms with Crippen LogP contribution in [0.15, 0.2) is 0 Å². The summed E-state index contributed by atoms with van der Waals surface area (Å²) in [6, 6.07) is 0. The van der Waals surface area contributed by atoms with Gasteiger partial charge in [0.05, 0.1) is 0 Å². The van der Waals surface area contributed by atoms with Crippen molar-refractivity contribution in [2.75, 3.05) is 0 Å². The monoisotopic (exact) mass is 108 g/mol. The van der Waals surface area contributed by atoms with Crippen LogP contribution in [0.2, 0.25) is 0 Å². The van der Waals surface area contributed by atoms with Gasteiger partial charge in [0.15, 0.2) is 0 Å². The third kappa shape index (κ3) is 0.240. The van der Waals surface area contributed by atoms with Crippen LogP contribution >= 0.6 is 0 Å². The van der Waals surface area contributed by atoms with E-state index in [2.05, 4.69) is 0 Å². The fourth-order valence-electron chi connectivity index (χ4n) is 3.13. The second-order valence-electron chi connectivity index (χ2n) is 3.90. The second kappa shape index (κ2) is 0.984. The van der Waals surface area contributed by atoms with Gasteiger partial charge in [-0.1, -0.05) is 0 Å². The van der Waals surface area contributed by atoms with Gasteiger partial charge in [0.25, 0.3) is 0 Å². The van der Waals surface area contributed by atoms with Crippen molar-refractivity contribution < 1.29 is 0 Å². The quantitative estimate of drug-likeness (QED) is 0.445. The van der Waals surface area contributed by atoms with E-state index in [0.29, 0.717) is 0 Å². The molecule has 44 valence electrons. The van der Waals surface area contributed by atoms with Gasteiger partial charge in [0, 0.05) is 0 Å². The molecule has 2 bridgehead atoms. The molecule has 0 N–H and O–H groups in total. The first-order chi connectivity index (χ1) is 3.95. The van der Waals surface area contributed by atoms with Crippen molar-refractivity contribution in [2.24, 2.45) is 23.7 Å². The molecule has 0 aromatic carbocycles. The van der Waals surface area contributed by atoms with Gasteiger partial charge in [-0.05, 0) is 49.4 Å². The minimum absolute atomic E-state index is 1.22. The van der Waals surface area contributed by atoms with Crippen LogP contribution in [0.3, 0.4) is 0 Å². The maximum absolute atomic E-state index is 1.62. The molecule has 2 unspecified atom stereocenters. The summed E-state index contributed by atoms with van der Waals surface area (Å²) in [6.45, 7) is 0. The summed E-state index contributed by atoms with van der Waals surface area (Å²) in [4.78, 5) is 0. The maximum atomic E-state index is 1.62. The van der Waals surface area contributed by atoms with E-state index in [1.807, 2.05) is 0 Å². The van der Waals surface area contributed by atoms with Crippen molar-refractivity contribution >= 4 is 0 Å². The van der Waals surface area contributed by atoms with E-state index in [9.17, 15) is 0 Å². The molecular formula is C8H12. The highest BCUT2D eigenvalue weighted by Gasteiger charge is 2.55. The van der Waals surface area contributed by atoms with E-state index < -0.39 is 0 Å². The molecule has 0 aliphatic heterocycles. The van der Waals surface area contributed by atoms with Crippen molar-refractivity contribution in [3.05, 3.63) is 0 Å². The van der Waals surface area contributed by atoms with E-state index >= 15 is 0 Å². The van der Waals surface area contributed by atoms with E-state index in [0.717, 1.165) is 0 Å². The SMILES string of the molecule is C1C2CC1C1CCC21. The lowest BCUT2D eigenvalue weighted by Gasteiger charge is -2.29. The van der Waals surface area contributed by atoms with E-state index in [-0.39, 0.29) is 0 Å². The van der Waals surface area contributed by atoms with Crippen LogP contribution in [-0.4, -0.2) is 0 Å². The van der Waals surface area contributed by atoms with Gasteiger partial charge >= 0.3 is 0 Å². The largest absolute Gasteiger partial charge is 0.0496 e. The molecule has 0 spiro atoms. The third-order valence-corrected chi connectivity index (χ3v) is 3.81. The molecule has 0 nitrogen and oxygen atoms in total. The fraction of sp³-hybridized carbons (Fsp3) is 1.00. The molecule has 2 atom stereocenters. The van der Waals surface area contributed by atoms with Crippen molar-refractivity contribution in [1.29, 1.82) is 0 Å². The fourth-order valence-corrected chi connectivity index (χ4v) is 3.13. The zero-order valence-corrected chi connectivity index (χ0v) is 5.14. The molecule has 0 heterocycles. The maximum Gasteiger partial charge on any atom is -0.0354 e. The molecular weight excluding hydrogens is 96.1 g/mol. The molecule has 4 saturated carbocycles. The second-order valence-corrected chi connectivity index (χ2v) is 3.90. The van der Waals surface area contributed by atoms with Crippen LogP contribution < -0.4 is 0 Å². The van der Waals surface area contributed by atoms with Crippen LogP contribution in [0.5, 0.6) is 0 Å². The van der Waals surface area contributed by atoms with Crippen LogP contribution in [0.1, 0.15) is 25.7 Å². The van der Waals surface area contributed by atoms with Crippen LogP contribution in [0.4, 0.5) is 0 Å². The summed E-state index contributed by atoms with van der Waals surface area (Å²) in [5.74, 6) is 4.91. The Morgan fingerprint density at radius 2 is 1.25 bits per heavy atom. The topological polar surface area (TPSA) is 0 Å². The molecule has 8 heavy (non-hydrogen) atoms. The number of rotatable bonds is 0. The summed E-state index contributed by atoms with van der Waals surface area (Å²) in [5.41, 5.74) is 0. The Morgan fingerprint density at radius 1 is 0.750 bits per heavy atom. The van der Waals surface area contributed by atoms with Gasteiger partial charge in [-0.25, -0.2) is 0 Å². The minimum Gasteiger partial charge on any atom is -0.0496 e. The molecule has 0 saturated heterocycles. The van der Waals surface area contributed by atoms with Gasteiger partial charge < -0.3 is 0 Å². The van der Waals surface area contributed by atoms with Crippen molar-refractivity contribution in [1.82, 2.24) is 0 Å². The lowest BCUT2D eigenvalue weighted by molar-refractivity contribution is 0.211. The first kappa shape index (κ1) is 3.92. The summed E-state index contributed by atoms with van der Waals surface area (Å²) in [5, 5.41) is 0. The Labute approximate surface area is 50.3 Å². The highest BCUT2D eigenvalue weighted by atomic mass is 14.6. The molecule has 4 rings (SSSR count). The third-order valence-electron chi connectivity index (χ3n) is 3.81. The Balaban J connectivity index is 1.99. The molecule has 0 radical (unpaired) electrons. The first-order valence-corrected chi connectivity index (χ1v) is 3.95. The highest BCUT2D eigenvalue weighted by Crippen LogP contribution is 2.64. The number of hydrogen-bond donors (Lipinski definition) is 0. The predicted octanol–water partition coefficient (Wildman–Crippen LogP) is 2.05. The van der Waals surface area contributed by atoms with Crippen molar-refractivity contribution in [3.8, 4) is 0 Å². The van der Waals surface area contributed by atoms with E-state index in [1.165, 1.54) is 23.7 Å². The minimum atomic E-state index is 1.22. The highest BCUT2D eigenvalue weighted by molar-refractivity contribution is 5.05. The molecule has 4 aliphatic carbocycles. The van der Waals surface area contributed by atoms with Gasteiger partial charge in [-0.3, -0.25) is 0 Å². The predicted molar refractivity (Wildman–Crippen MR) is 32.4 cm³/mol. The van der Waals surface area contributed by atoms with E-state index in [4.69, 9.17) is 0 Å². The average molecular weight is 108 g/mol. The molecule has 0 amide bonds. The summed E-state index contributed by atoms with van der Waals surface area (Å²) < 4.78 is 0. The standard InChI is InChI=1S/C8H12/c1-2-8-6-3-5(4-6)7(1)8/h5-8H,1-4H2. The van der Waals surface area contributed by atoms with Gasteiger partial charge in [-0.15, -0.1) is 0 Å². The van der Waals surface area contributed by atoms with Gasteiger partial charge in [-0.2, -0.15) is 0 Å². The van der Waals surface area contributed by atoms with Crippen LogP contribution in [0, 0.1) is 23.7 Å². The van der Waals surface area contributed by atoms with Gasteiger partial charge in [0.2, 0.25) is 0 Å².